The lowest BCUT2D eigenvalue weighted by Gasteiger charge is -2.21. The molecule has 2 fully saturated rings. The minimum absolute atomic E-state index is 0.0972. The lowest BCUT2D eigenvalue weighted by molar-refractivity contribution is -0.00535. The van der Waals surface area contributed by atoms with Crippen molar-refractivity contribution in [2.24, 2.45) is 0 Å². The van der Waals surface area contributed by atoms with Gasteiger partial charge in [-0.15, -0.1) is 0 Å². The Morgan fingerprint density at radius 3 is 2.58 bits per heavy atom. The van der Waals surface area contributed by atoms with Crippen molar-refractivity contribution >= 4 is 34.5 Å². The predicted molar refractivity (Wildman–Crippen MR) is 128 cm³/mol. The van der Waals surface area contributed by atoms with Gasteiger partial charge < -0.3 is 25.0 Å². The molecule has 178 valence electrons. The Kier molecular flexibility index (Phi) is 7.31. The summed E-state index contributed by atoms with van der Waals surface area (Å²) in [5.74, 6) is 0.516. The van der Waals surface area contributed by atoms with Crippen LogP contribution in [0.4, 0.5) is 16.3 Å². The van der Waals surface area contributed by atoms with Gasteiger partial charge in [-0.2, -0.15) is 0 Å². The van der Waals surface area contributed by atoms with Crippen molar-refractivity contribution in [2.45, 2.75) is 51.7 Å². The summed E-state index contributed by atoms with van der Waals surface area (Å²) >= 11 is 6.21. The van der Waals surface area contributed by atoms with Gasteiger partial charge in [-0.05, 0) is 51.7 Å². The minimum Gasteiger partial charge on any atom is -0.391 e. The molecule has 8 nitrogen and oxygen atoms in total. The molecule has 1 atom stereocenters. The third-order valence-electron chi connectivity index (χ3n) is 5.81. The Morgan fingerprint density at radius 2 is 1.97 bits per heavy atom. The third-order valence-corrected chi connectivity index (χ3v) is 6.08. The first-order valence-corrected chi connectivity index (χ1v) is 11.7. The molecule has 2 aliphatic rings. The van der Waals surface area contributed by atoms with Crippen LogP contribution in [-0.4, -0.2) is 57.0 Å². The van der Waals surface area contributed by atoms with E-state index < -0.39 is 5.82 Å². The third kappa shape index (κ3) is 5.20. The first-order valence-electron chi connectivity index (χ1n) is 11.4. The average Bonchev–Trinajstić information content (AvgIpc) is 3.44. The fourth-order valence-electron chi connectivity index (χ4n) is 4.23. The standard InChI is InChI=1S/C18H20ClFN6.C5H10O2/c1-10(2)26-14-8-11(15-12(19)9-22-17(21)23-15)7-13(20)16(14)24-18(26)25-5-3-4-6-25;6-5-2-1-3-7-4-5/h7-10H,3-6H2,1-2H3,(H2,21,22,23);5-6H,1-4H2. The van der Waals surface area contributed by atoms with E-state index in [0.717, 1.165) is 56.8 Å². The van der Waals surface area contributed by atoms with Crippen molar-refractivity contribution in [1.82, 2.24) is 19.5 Å². The van der Waals surface area contributed by atoms with Gasteiger partial charge in [-0.3, -0.25) is 0 Å². The molecule has 33 heavy (non-hydrogen) atoms. The predicted octanol–water partition coefficient (Wildman–Crippen LogP) is 4.21. The number of rotatable bonds is 3. The van der Waals surface area contributed by atoms with E-state index in [4.69, 9.17) is 27.2 Å². The first kappa shape index (κ1) is 23.7. The van der Waals surface area contributed by atoms with Gasteiger partial charge in [-0.25, -0.2) is 19.3 Å². The molecule has 1 aromatic carbocycles. The molecule has 2 aromatic heterocycles. The molecule has 2 aliphatic heterocycles. The van der Waals surface area contributed by atoms with E-state index in [1.54, 1.807) is 0 Å². The Morgan fingerprint density at radius 1 is 1.21 bits per heavy atom. The summed E-state index contributed by atoms with van der Waals surface area (Å²) in [6.07, 6.45) is 5.43. The molecule has 10 heteroatoms. The number of aliphatic hydroxyl groups is 1. The van der Waals surface area contributed by atoms with Crippen molar-refractivity contribution in [1.29, 1.82) is 0 Å². The van der Waals surface area contributed by atoms with Crippen LogP contribution >= 0.6 is 11.6 Å². The average molecular weight is 477 g/mol. The van der Waals surface area contributed by atoms with Crippen LogP contribution in [0.5, 0.6) is 0 Å². The Bertz CT molecular complexity index is 1110. The van der Waals surface area contributed by atoms with Crippen molar-refractivity contribution in [3.8, 4) is 11.3 Å². The van der Waals surface area contributed by atoms with E-state index in [2.05, 4.69) is 38.3 Å². The molecule has 5 rings (SSSR count). The van der Waals surface area contributed by atoms with Gasteiger partial charge in [0.25, 0.3) is 0 Å². The highest BCUT2D eigenvalue weighted by Crippen LogP contribution is 2.35. The van der Waals surface area contributed by atoms with Gasteiger partial charge in [0, 0.05) is 31.3 Å². The second kappa shape index (κ2) is 10.2. The number of fused-ring (bicyclic) bond motifs is 1. The van der Waals surface area contributed by atoms with Crippen molar-refractivity contribution in [3.63, 3.8) is 0 Å². The monoisotopic (exact) mass is 476 g/mol. The molecule has 0 radical (unpaired) electrons. The van der Waals surface area contributed by atoms with E-state index in [1.807, 2.05) is 6.07 Å². The molecule has 0 aliphatic carbocycles. The zero-order valence-corrected chi connectivity index (χ0v) is 19.7. The highest BCUT2D eigenvalue weighted by Gasteiger charge is 2.24. The summed E-state index contributed by atoms with van der Waals surface area (Å²) in [6.45, 7) is 7.40. The number of imidazole rings is 1. The topological polar surface area (TPSA) is 102 Å². The number of halogens is 2. The summed E-state index contributed by atoms with van der Waals surface area (Å²) < 4.78 is 21.9. The van der Waals surface area contributed by atoms with Crippen LogP contribution in [0, 0.1) is 5.82 Å². The quantitative estimate of drug-likeness (QED) is 0.583. The Labute approximate surface area is 197 Å². The molecule has 0 amide bonds. The molecule has 4 heterocycles. The smallest absolute Gasteiger partial charge is 0.220 e. The number of ether oxygens (including phenoxy) is 1. The van der Waals surface area contributed by atoms with Crippen molar-refractivity contribution in [3.05, 3.63) is 29.2 Å². The highest BCUT2D eigenvalue weighted by atomic mass is 35.5. The number of nitrogens with zero attached hydrogens (tertiary/aromatic N) is 5. The van der Waals surface area contributed by atoms with Gasteiger partial charge in [-0.1, -0.05) is 11.6 Å². The van der Waals surface area contributed by atoms with Gasteiger partial charge in [0.2, 0.25) is 11.9 Å². The van der Waals surface area contributed by atoms with E-state index in [1.165, 1.54) is 12.3 Å². The maximum absolute atomic E-state index is 14.9. The van der Waals surface area contributed by atoms with Gasteiger partial charge in [0.1, 0.15) is 5.52 Å². The normalized spacial score (nSPS) is 18.6. The van der Waals surface area contributed by atoms with Gasteiger partial charge >= 0.3 is 0 Å². The zero-order valence-electron chi connectivity index (χ0n) is 19.0. The van der Waals surface area contributed by atoms with Gasteiger partial charge in [0.05, 0.1) is 35.1 Å². The first-order chi connectivity index (χ1) is 15.8. The number of aliphatic hydroxyl groups excluding tert-OH is 1. The molecule has 1 unspecified atom stereocenters. The second-order valence-electron chi connectivity index (χ2n) is 8.69. The number of nitrogens with two attached hydrogens (primary N) is 1. The number of hydrogen-bond donors (Lipinski definition) is 2. The lowest BCUT2D eigenvalue weighted by atomic mass is 10.1. The summed E-state index contributed by atoms with van der Waals surface area (Å²) in [5.41, 5.74) is 7.75. The number of benzene rings is 1. The van der Waals surface area contributed by atoms with Gasteiger partial charge in [0.15, 0.2) is 5.82 Å². The van der Waals surface area contributed by atoms with Crippen molar-refractivity contribution in [2.75, 3.05) is 36.9 Å². The van der Waals surface area contributed by atoms with Crippen LogP contribution in [0.1, 0.15) is 45.6 Å². The number of nitrogen functional groups attached to an aromatic ring is 1. The summed E-state index contributed by atoms with van der Waals surface area (Å²) in [5, 5.41) is 9.11. The number of anilines is 2. The Hall–Kier alpha value is -2.49. The highest BCUT2D eigenvalue weighted by molar-refractivity contribution is 6.33. The molecule has 0 bridgehead atoms. The van der Waals surface area contributed by atoms with Crippen LogP contribution in [-0.2, 0) is 4.74 Å². The van der Waals surface area contributed by atoms with Crippen LogP contribution in [0.15, 0.2) is 18.3 Å². The molecule has 0 spiro atoms. The van der Waals surface area contributed by atoms with E-state index in [9.17, 15) is 4.39 Å². The van der Waals surface area contributed by atoms with E-state index >= 15 is 0 Å². The maximum Gasteiger partial charge on any atom is 0.220 e. The van der Waals surface area contributed by atoms with Crippen LogP contribution in [0.2, 0.25) is 5.02 Å². The maximum atomic E-state index is 14.9. The minimum atomic E-state index is -0.398. The van der Waals surface area contributed by atoms with Crippen LogP contribution in [0.25, 0.3) is 22.3 Å². The fourth-order valence-corrected chi connectivity index (χ4v) is 4.43. The van der Waals surface area contributed by atoms with Crippen LogP contribution < -0.4 is 10.6 Å². The molecule has 3 N–H and O–H groups in total. The van der Waals surface area contributed by atoms with E-state index in [0.29, 0.717) is 28.4 Å². The Balaban J connectivity index is 0.000000318. The number of hydrogen-bond acceptors (Lipinski definition) is 7. The molecule has 2 saturated heterocycles. The lowest BCUT2D eigenvalue weighted by Crippen LogP contribution is -2.22. The molecule has 0 saturated carbocycles. The van der Waals surface area contributed by atoms with Crippen molar-refractivity contribution < 1.29 is 14.2 Å². The van der Waals surface area contributed by atoms with E-state index in [-0.39, 0.29) is 18.1 Å². The second-order valence-corrected chi connectivity index (χ2v) is 9.10. The molecular weight excluding hydrogens is 447 g/mol. The molecule has 3 aromatic rings. The summed E-state index contributed by atoms with van der Waals surface area (Å²) in [4.78, 5) is 14.9. The number of aromatic nitrogens is 4. The SMILES string of the molecule is CC(C)n1c(N2CCCC2)nc2c(F)cc(-c3nc(N)ncc3Cl)cc21.OC1CCCOC1. The largest absolute Gasteiger partial charge is 0.391 e. The fraction of sp³-hybridized carbons (Fsp3) is 0.522. The zero-order chi connectivity index (χ0) is 23.5. The molecular formula is C23H30ClFN6O2. The van der Waals surface area contributed by atoms with Crippen LogP contribution in [0.3, 0.4) is 0 Å². The summed E-state index contributed by atoms with van der Waals surface area (Å²) in [6, 6.07) is 3.41. The summed E-state index contributed by atoms with van der Waals surface area (Å²) in [7, 11) is 0.